The lowest BCUT2D eigenvalue weighted by molar-refractivity contribution is -0.149. The minimum atomic E-state index is -0.886. The summed E-state index contributed by atoms with van der Waals surface area (Å²) in [5.74, 6) is -0.327. The van der Waals surface area contributed by atoms with E-state index >= 15 is 0 Å². The highest BCUT2D eigenvalue weighted by Crippen LogP contribution is 2.20. The molecule has 2 atom stereocenters. The van der Waals surface area contributed by atoms with Gasteiger partial charge in [0, 0.05) is 12.6 Å². The van der Waals surface area contributed by atoms with Crippen LogP contribution in [-0.4, -0.2) is 41.9 Å². The third-order valence-corrected chi connectivity index (χ3v) is 2.86. The van der Waals surface area contributed by atoms with Crippen LogP contribution < -0.4 is 10.1 Å². The van der Waals surface area contributed by atoms with E-state index in [1.165, 1.54) is 0 Å². The van der Waals surface area contributed by atoms with Gasteiger partial charge in [0.25, 0.3) is 0 Å². The molecular formula is C12H16N2O4. The van der Waals surface area contributed by atoms with E-state index in [0.717, 1.165) is 12.1 Å². The molecule has 2 heterocycles. The summed E-state index contributed by atoms with van der Waals surface area (Å²) >= 11 is 0. The number of nitrogens with zero attached hydrogens (tertiary/aromatic N) is 1. The number of carboxylic acid groups (broad SMARTS) is 1. The summed E-state index contributed by atoms with van der Waals surface area (Å²) in [6.07, 6.45) is 2.28. The quantitative estimate of drug-likeness (QED) is 0.817. The summed E-state index contributed by atoms with van der Waals surface area (Å²) in [6.45, 7) is 0.581. The van der Waals surface area contributed by atoms with E-state index in [9.17, 15) is 4.79 Å². The van der Waals surface area contributed by atoms with E-state index in [4.69, 9.17) is 14.6 Å². The number of nitrogens with one attached hydrogen (secondary N) is 1. The Balaban J connectivity index is 1.79. The van der Waals surface area contributed by atoms with Gasteiger partial charge in [-0.15, -0.1) is 0 Å². The molecule has 1 saturated heterocycles. The highest BCUT2D eigenvalue weighted by Gasteiger charge is 2.30. The van der Waals surface area contributed by atoms with Gasteiger partial charge in [-0.3, -0.25) is 0 Å². The summed E-state index contributed by atoms with van der Waals surface area (Å²) in [7, 11) is 1.56. The molecule has 0 radical (unpaired) electrons. The van der Waals surface area contributed by atoms with Crippen LogP contribution in [0.15, 0.2) is 18.3 Å². The fraction of sp³-hybridized carbons (Fsp3) is 0.500. The summed E-state index contributed by atoms with van der Waals surface area (Å²) in [4.78, 5) is 14.8. The van der Waals surface area contributed by atoms with Crippen molar-refractivity contribution in [2.45, 2.75) is 25.0 Å². The van der Waals surface area contributed by atoms with E-state index in [1.807, 2.05) is 6.07 Å². The largest absolute Gasteiger partial charge is 0.481 e. The molecule has 2 unspecified atom stereocenters. The van der Waals surface area contributed by atoms with Crippen LogP contribution in [0.1, 0.15) is 12.8 Å². The van der Waals surface area contributed by atoms with Crippen LogP contribution in [-0.2, 0) is 9.53 Å². The standard InChI is InChI=1S/C12H16N2O4/c1-17-11-5-2-8(6-14-11)13-7-9-3-4-10(18-9)12(15)16/h2,5-6,9-10,13H,3-4,7H2,1H3,(H,15,16). The minimum absolute atomic E-state index is 0.0619. The van der Waals surface area contributed by atoms with Gasteiger partial charge in [0.1, 0.15) is 0 Å². The molecule has 2 N–H and O–H groups in total. The number of hydrogen-bond acceptors (Lipinski definition) is 5. The molecule has 2 rings (SSSR count). The van der Waals surface area contributed by atoms with Gasteiger partial charge in [0.2, 0.25) is 5.88 Å². The first-order valence-electron chi connectivity index (χ1n) is 5.81. The average molecular weight is 252 g/mol. The second-order valence-electron chi connectivity index (χ2n) is 4.13. The lowest BCUT2D eigenvalue weighted by atomic mass is 10.2. The fourth-order valence-corrected chi connectivity index (χ4v) is 1.87. The van der Waals surface area contributed by atoms with E-state index in [-0.39, 0.29) is 6.10 Å². The van der Waals surface area contributed by atoms with Gasteiger partial charge >= 0.3 is 5.97 Å². The number of aliphatic carboxylic acids is 1. The summed E-state index contributed by atoms with van der Waals surface area (Å²) in [5.41, 5.74) is 0.859. The molecule has 0 spiro atoms. The molecule has 0 aliphatic carbocycles. The van der Waals surface area contributed by atoms with Crippen LogP contribution in [0.3, 0.4) is 0 Å². The second kappa shape index (κ2) is 5.68. The number of carboxylic acids is 1. The highest BCUT2D eigenvalue weighted by molar-refractivity contribution is 5.72. The van der Waals surface area contributed by atoms with E-state index in [0.29, 0.717) is 18.8 Å². The third-order valence-electron chi connectivity index (χ3n) is 2.86. The Labute approximate surface area is 105 Å². The van der Waals surface area contributed by atoms with Crippen LogP contribution in [0.4, 0.5) is 5.69 Å². The van der Waals surface area contributed by atoms with Gasteiger partial charge in [-0.1, -0.05) is 0 Å². The third kappa shape index (κ3) is 3.10. The Morgan fingerprint density at radius 1 is 1.61 bits per heavy atom. The zero-order valence-electron chi connectivity index (χ0n) is 10.1. The fourth-order valence-electron chi connectivity index (χ4n) is 1.87. The van der Waals surface area contributed by atoms with Crippen molar-refractivity contribution >= 4 is 11.7 Å². The lowest BCUT2D eigenvalue weighted by Gasteiger charge is -2.13. The topological polar surface area (TPSA) is 80.7 Å². The summed E-state index contributed by atoms with van der Waals surface area (Å²) < 4.78 is 10.3. The van der Waals surface area contributed by atoms with Crippen molar-refractivity contribution in [1.29, 1.82) is 0 Å². The Hall–Kier alpha value is -1.82. The number of carbonyl (C=O) groups is 1. The Morgan fingerprint density at radius 3 is 3.00 bits per heavy atom. The molecule has 1 aliphatic rings. The molecule has 0 amide bonds. The molecule has 0 bridgehead atoms. The molecule has 0 saturated carbocycles. The maximum atomic E-state index is 10.7. The van der Waals surface area contributed by atoms with E-state index < -0.39 is 12.1 Å². The molecule has 18 heavy (non-hydrogen) atoms. The number of ether oxygens (including phenoxy) is 2. The SMILES string of the molecule is COc1ccc(NCC2CCC(C(=O)O)O2)cn1. The van der Waals surface area contributed by atoms with Crippen LogP contribution in [0.5, 0.6) is 5.88 Å². The van der Waals surface area contributed by atoms with Gasteiger partial charge in [0.15, 0.2) is 6.10 Å². The predicted octanol–water partition coefficient (Wildman–Crippen LogP) is 1.13. The first-order chi connectivity index (χ1) is 8.69. The first-order valence-corrected chi connectivity index (χ1v) is 5.81. The molecule has 1 fully saturated rings. The van der Waals surface area contributed by atoms with Gasteiger partial charge < -0.3 is 19.9 Å². The maximum Gasteiger partial charge on any atom is 0.332 e. The monoisotopic (exact) mass is 252 g/mol. The van der Waals surface area contributed by atoms with E-state index in [1.54, 1.807) is 19.4 Å². The number of anilines is 1. The van der Waals surface area contributed by atoms with Crippen LogP contribution >= 0.6 is 0 Å². The van der Waals surface area contributed by atoms with Gasteiger partial charge in [-0.25, -0.2) is 9.78 Å². The molecule has 0 aromatic carbocycles. The maximum absolute atomic E-state index is 10.7. The van der Waals surface area contributed by atoms with Crippen molar-refractivity contribution < 1.29 is 19.4 Å². The Morgan fingerprint density at radius 2 is 2.44 bits per heavy atom. The summed E-state index contributed by atoms with van der Waals surface area (Å²) in [5, 5.41) is 12.0. The number of rotatable bonds is 5. The predicted molar refractivity (Wildman–Crippen MR) is 64.8 cm³/mol. The van der Waals surface area contributed by atoms with Gasteiger partial charge in [0.05, 0.1) is 25.1 Å². The molecule has 98 valence electrons. The zero-order valence-corrected chi connectivity index (χ0v) is 10.1. The number of pyridine rings is 1. The average Bonchev–Trinajstić information content (AvgIpc) is 2.86. The highest BCUT2D eigenvalue weighted by atomic mass is 16.5. The Kier molecular flexibility index (Phi) is 3.99. The second-order valence-corrected chi connectivity index (χ2v) is 4.13. The van der Waals surface area contributed by atoms with Crippen LogP contribution in [0.2, 0.25) is 0 Å². The first kappa shape index (κ1) is 12.6. The van der Waals surface area contributed by atoms with Crippen molar-refractivity contribution in [1.82, 2.24) is 4.98 Å². The number of hydrogen-bond donors (Lipinski definition) is 2. The van der Waals surface area contributed by atoms with Crippen molar-refractivity contribution in [2.75, 3.05) is 19.0 Å². The lowest BCUT2D eigenvalue weighted by Crippen LogP contribution is -2.24. The van der Waals surface area contributed by atoms with Crippen molar-refractivity contribution in [3.63, 3.8) is 0 Å². The molecule has 1 aliphatic heterocycles. The van der Waals surface area contributed by atoms with Crippen molar-refractivity contribution in [3.05, 3.63) is 18.3 Å². The van der Waals surface area contributed by atoms with Crippen molar-refractivity contribution in [2.24, 2.45) is 0 Å². The van der Waals surface area contributed by atoms with Crippen molar-refractivity contribution in [3.8, 4) is 5.88 Å². The number of methoxy groups -OCH3 is 1. The zero-order chi connectivity index (χ0) is 13.0. The Bertz CT molecular complexity index is 407. The molecule has 1 aromatic heterocycles. The normalized spacial score (nSPS) is 22.7. The van der Waals surface area contributed by atoms with Crippen LogP contribution in [0.25, 0.3) is 0 Å². The van der Waals surface area contributed by atoms with Gasteiger partial charge in [-0.2, -0.15) is 0 Å². The number of aromatic nitrogens is 1. The summed E-state index contributed by atoms with van der Waals surface area (Å²) in [6, 6.07) is 3.62. The van der Waals surface area contributed by atoms with E-state index in [2.05, 4.69) is 10.3 Å². The van der Waals surface area contributed by atoms with Crippen LogP contribution in [0, 0.1) is 0 Å². The smallest absolute Gasteiger partial charge is 0.332 e. The molecule has 6 heteroatoms. The minimum Gasteiger partial charge on any atom is -0.481 e. The van der Waals surface area contributed by atoms with Gasteiger partial charge in [-0.05, 0) is 18.9 Å². The molecular weight excluding hydrogens is 236 g/mol. The molecule has 1 aromatic rings. The molecule has 6 nitrogen and oxygen atoms in total.